The highest BCUT2D eigenvalue weighted by Crippen LogP contribution is 2.26. The number of hydrogen-bond donors (Lipinski definition) is 0. The zero-order valence-electron chi connectivity index (χ0n) is 9.23. The molecular formula is C12H11ClO4. The van der Waals surface area contributed by atoms with E-state index in [9.17, 15) is 9.59 Å². The van der Waals surface area contributed by atoms with Gasteiger partial charge in [0.05, 0.1) is 12.2 Å². The van der Waals surface area contributed by atoms with Crippen LogP contribution in [-0.2, 0) is 9.53 Å². The molecule has 1 fully saturated rings. The summed E-state index contributed by atoms with van der Waals surface area (Å²) in [6.45, 7) is 1.78. The quantitative estimate of drug-likeness (QED) is 0.613. The number of esters is 1. The lowest BCUT2D eigenvalue weighted by molar-refractivity contribution is -0.143. The normalized spacial score (nSPS) is 18.9. The van der Waals surface area contributed by atoms with Crippen molar-refractivity contribution < 1.29 is 19.1 Å². The molecule has 2 rings (SSSR count). The Labute approximate surface area is 103 Å². The van der Waals surface area contributed by atoms with Gasteiger partial charge in [0.25, 0.3) is 0 Å². The van der Waals surface area contributed by atoms with E-state index >= 15 is 0 Å². The first-order valence-electron chi connectivity index (χ1n) is 5.21. The van der Waals surface area contributed by atoms with Crippen molar-refractivity contribution in [1.29, 1.82) is 0 Å². The monoisotopic (exact) mass is 254 g/mol. The van der Waals surface area contributed by atoms with Crippen molar-refractivity contribution in [3.8, 4) is 5.75 Å². The predicted molar refractivity (Wildman–Crippen MR) is 61.4 cm³/mol. The highest BCUT2D eigenvalue weighted by Gasteiger charge is 2.29. The predicted octanol–water partition coefficient (Wildman–Crippen LogP) is 2.24. The summed E-state index contributed by atoms with van der Waals surface area (Å²) < 4.78 is 10.3. The summed E-state index contributed by atoms with van der Waals surface area (Å²) in [6, 6.07) is 4.73. The lowest BCUT2D eigenvalue weighted by atomic mass is 10.1. The fourth-order valence-corrected chi connectivity index (χ4v) is 1.79. The van der Waals surface area contributed by atoms with Gasteiger partial charge in [-0.2, -0.15) is 0 Å². The Morgan fingerprint density at radius 3 is 2.88 bits per heavy atom. The summed E-state index contributed by atoms with van der Waals surface area (Å²) in [5.41, 5.74) is 0.372. The molecule has 0 N–H and O–H groups in total. The van der Waals surface area contributed by atoms with Gasteiger partial charge >= 0.3 is 5.97 Å². The molecule has 0 spiro atoms. The van der Waals surface area contributed by atoms with Crippen LogP contribution in [0.5, 0.6) is 5.75 Å². The number of benzene rings is 1. The lowest BCUT2D eigenvalue weighted by Crippen LogP contribution is -2.22. The topological polar surface area (TPSA) is 52.6 Å². The van der Waals surface area contributed by atoms with Gasteiger partial charge in [0.2, 0.25) is 0 Å². The average molecular weight is 255 g/mol. The molecule has 4 nitrogen and oxygen atoms in total. The Balaban J connectivity index is 2.25. The first-order valence-corrected chi connectivity index (χ1v) is 5.59. The maximum Gasteiger partial charge on any atom is 0.347 e. The molecule has 1 aromatic carbocycles. The first-order chi connectivity index (χ1) is 8.08. The van der Waals surface area contributed by atoms with Gasteiger partial charge in [-0.15, -0.1) is 0 Å². The summed E-state index contributed by atoms with van der Waals surface area (Å²) in [7, 11) is 0. The second kappa shape index (κ2) is 4.75. The Kier molecular flexibility index (Phi) is 3.33. The Hall–Kier alpha value is -1.55. The van der Waals surface area contributed by atoms with E-state index in [1.807, 2.05) is 0 Å². The molecule has 5 heteroatoms. The van der Waals surface area contributed by atoms with Gasteiger partial charge in [-0.3, -0.25) is 4.79 Å². The van der Waals surface area contributed by atoms with Gasteiger partial charge in [-0.1, -0.05) is 11.6 Å². The molecule has 0 amide bonds. The van der Waals surface area contributed by atoms with Crippen LogP contribution < -0.4 is 4.74 Å². The molecule has 1 aliphatic heterocycles. The molecule has 0 radical (unpaired) electrons. The van der Waals surface area contributed by atoms with Crippen molar-refractivity contribution in [1.82, 2.24) is 0 Å². The van der Waals surface area contributed by atoms with Crippen LogP contribution in [-0.4, -0.2) is 24.5 Å². The van der Waals surface area contributed by atoms with E-state index in [1.165, 1.54) is 13.0 Å². The standard InChI is InChI=1S/C12H11ClO4/c1-7(14)9-6-8(13)2-3-10(9)17-11-4-5-16-12(11)15/h2-3,6,11H,4-5H2,1H3. The molecule has 1 aromatic rings. The fraction of sp³-hybridized carbons (Fsp3) is 0.333. The van der Waals surface area contributed by atoms with Crippen LogP contribution in [0.4, 0.5) is 0 Å². The Bertz CT molecular complexity index is 470. The van der Waals surface area contributed by atoms with Crippen LogP contribution in [0.1, 0.15) is 23.7 Å². The Morgan fingerprint density at radius 2 is 2.29 bits per heavy atom. The number of cyclic esters (lactones) is 1. The van der Waals surface area contributed by atoms with Crippen molar-refractivity contribution in [2.24, 2.45) is 0 Å². The van der Waals surface area contributed by atoms with E-state index in [1.54, 1.807) is 12.1 Å². The second-order valence-corrected chi connectivity index (χ2v) is 4.20. The van der Waals surface area contributed by atoms with Crippen molar-refractivity contribution in [3.63, 3.8) is 0 Å². The smallest absolute Gasteiger partial charge is 0.347 e. The van der Waals surface area contributed by atoms with E-state index in [-0.39, 0.29) is 5.78 Å². The van der Waals surface area contributed by atoms with Crippen LogP contribution in [0.15, 0.2) is 18.2 Å². The van der Waals surface area contributed by atoms with Gasteiger partial charge < -0.3 is 9.47 Å². The largest absolute Gasteiger partial charge is 0.478 e. The maximum absolute atomic E-state index is 11.4. The van der Waals surface area contributed by atoms with Gasteiger partial charge in [-0.05, 0) is 25.1 Å². The molecule has 90 valence electrons. The van der Waals surface area contributed by atoms with Gasteiger partial charge in [0, 0.05) is 11.4 Å². The molecule has 0 aromatic heterocycles. The number of carbonyl (C=O) groups excluding carboxylic acids is 2. The number of ether oxygens (including phenoxy) is 2. The molecule has 1 atom stereocenters. The summed E-state index contributed by atoms with van der Waals surface area (Å²) in [5.74, 6) is -0.186. The SMILES string of the molecule is CC(=O)c1cc(Cl)ccc1OC1CCOC1=O. The maximum atomic E-state index is 11.4. The molecule has 17 heavy (non-hydrogen) atoms. The number of Topliss-reactive ketones (excluding diaryl/α,β-unsaturated/α-hetero) is 1. The van der Waals surface area contributed by atoms with Gasteiger partial charge in [0.15, 0.2) is 11.9 Å². The van der Waals surface area contributed by atoms with Gasteiger partial charge in [-0.25, -0.2) is 4.79 Å². The van der Waals surface area contributed by atoms with Crippen LogP contribution >= 0.6 is 11.6 Å². The molecule has 0 aliphatic carbocycles. The van der Waals surface area contributed by atoms with Crippen molar-refractivity contribution in [2.75, 3.05) is 6.61 Å². The highest BCUT2D eigenvalue weighted by molar-refractivity contribution is 6.31. The zero-order valence-corrected chi connectivity index (χ0v) is 9.99. The highest BCUT2D eigenvalue weighted by atomic mass is 35.5. The third-order valence-corrected chi connectivity index (χ3v) is 2.71. The van der Waals surface area contributed by atoms with E-state index in [4.69, 9.17) is 21.1 Å². The number of carbonyl (C=O) groups is 2. The minimum absolute atomic E-state index is 0.158. The molecule has 1 heterocycles. The molecule has 0 saturated carbocycles. The average Bonchev–Trinajstić information content (AvgIpc) is 2.67. The first kappa shape index (κ1) is 11.9. The van der Waals surface area contributed by atoms with Crippen LogP contribution in [0.2, 0.25) is 5.02 Å². The minimum atomic E-state index is -0.630. The van der Waals surface area contributed by atoms with Crippen molar-refractivity contribution in [3.05, 3.63) is 28.8 Å². The van der Waals surface area contributed by atoms with Crippen LogP contribution in [0.3, 0.4) is 0 Å². The Morgan fingerprint density at radius 1 is 1.53 bits per heavy atom. The summed E-state index contributed by atoms with van der Waals surface area (Å²) in [6.07, 6.45) is -0.131. The lowest BCUT2D eigenvalue weighted by Gasteiger charge is -2.13. The number of hydrogen-bond acceptors (Lipinski definition) is 4. The summed E-state index contributed by atoms with van der Waals surface area (Å²) in [5, 5.41) is 0.455. The number of rotatable bonds is 3. The fourth-order valence-electron chi connectivity index (χ4n) is 1.62. The van der Waals surface area contributed by atoms with E-state index in [0.717, 1.165) is 0 Å². The van der Waals surface area contributed by atoms with Crippen molar-refractivity contribution in [2.45, 2.75) is 19.4 Å². The molecular weight excluding hydrogens is 244 g/mol. The summed E-state index contributed by atoms with van der Waals surface area (Å²) in [4.78, 5) is 22.7. The minimum Gasteiger partial charge on any atom is -0.478 e. The molecule has 1 aliphatic rings. The van der Waals surface area contributed by atoms with E-state index < -0.39 is 12.1 Å². The van der Waals surface area contributed by atoms with Crippen LogP contribution in [0.25, 0.3) is 0 Å². The van der Waals surface area contributed by atoms with E-state index in [0.29, 0.717) is 29.4 Å². The second-order valence-electron chi connectivity index (χ2n) is 3.76. The molecule has 1 saturated heterocycles. The molecule has 0 bridgehead atoms. The van der Waals surface area contributed by atoms with E-state index in [2.05, 4.69) is 0 Å². The number of ketones is 1. The third kappa shape index (κ3) is 2.58. The third-order valence-electron chi connectivity index (χ3n) is 2.48. The summed E-state index contributed by atoms with van der Waals surface area (Å²) >= 11 is 5.81. The molecule has 1 unspecified atom stereocenters. The van der Waals surface area contributed by atoms with Gasteiger partial charge in [0.1, 0.15) is 5.75 Å². The zero-order chi connectivity index (χ0) is 12.4. The van der Waals surface area contributed by atoms with Crippen LogP contribution in [0, 0.1) is 0 Å². The number of halogens is 1. The van der Waals surface area contributed by atoms with Crippen molar-refractivity contribution >= 4 is 23.4 Å².